The van der Waals surface area contributed by atoms with Gasteiger partial charge in [0.2, 0.25) is 0 Å². The molecule has 8 nitrogen and oxygen atoms in total. The van der Waals surface area contributed by atoms with Crippen LogP contribution >= 0.6 is 0 Å². The lowest BCUT2D eigenvalue weighted by Crippen LogP contribution is -2.58. The zero-order chi connectivity index (χ0) is 27.1. The number of imide groups is 1. The van der Waals surface area contributed by atoms with Crippen molar-refractivity contribution in [2.24, 2.45) is 5.92 Å². The van der Waals surface area contributed by atoms with Crippen molar-refractivity contribution >= 4 is 21.8 Å². The molecule has 0 aromatic heterocycles. The number of hydrogen-bond donors (Lipinski definition) is 1. The lowest BCUT2D eigenvalue weighted by atomic mass is 9.83. The molecule has 5 rings (SSSR count). The standard InChI is InChI=1S/C29H38N4O4S/c1-21(2)33-28(35)32(19-22-9-11-25(12-10-22)38(3,36)37)27(34)29(33)13-15-31(16-14-29)20-24-17-30-18-26(24)23-7-5-4-6-8-23/h4-12,21,24,26,30H,13-20H2,1-3H3. The molecule has 3 amide bonds. The van der Waals surface area contributed by atoms with Gasteiger partial charge in [-0.2, -0.15) is 0 Å². The van der Waals surface area contributed by atoms with Crippen LogP contribution in [-0.2, 0) is 21.2 Å². The van der Waals surface area contributed by atoms with Crippen LogP contribution in [0.2, 0.25) is 0 Å². The molecule has 3 fully saturated rings. The summed E-state index contributed by atoms with van der Waals surface area (Å²) >= 11 is 0. The fraction of sp³-hybridized carbons (Fsp3) is 0.517. The largest absolute Gasteiger partial charge is 0.328 e. The highest BCUT2D eigenvalue weighted by Crippen LogP contribution is 2.40. The van der Waals surface area contributed by atoms with Crippen LogP contribution in [0.5, 0.6) is 0 Å². The molecule has 1 N–H and O–H groups in total. The first-order valence-electron chi connectivity index (χ1n) is 13.5. The van der Waals surface area contributed by atoms with E-state index in [0.29, 0.717) is 24.7 Å². The van der Waals surface area contributed by atoms with E-state index in [-0.39, 0.29) is 29.4 Å². The van der Waals surface area contributed by atoms with Crippen molar-refractivity contribution in [3.05, 3.63) is 65.7 Å². The van der Waals surface area contributed by atoms with Gasteiger partial charge in [-0.15, -0.1) is 0 Å². The topological polar surface area (TPSA) is 90.0 Å². The number of nitrogens with one attached hydrogen (secondary N) is 1. The second-order valence-corrected chi connectivity index (χ2v) is 13.3. The number of sulfone groups is 1. The summed E-state index contributed by atoms with van der Waals surface area (Å²) in [5, 5.41) is 3.56. The second kappa shape index (κ2) is 10.4. The van der Waals surface area contributed by atoms with E-state index in [1.165, 1.54) is 22.6 Å². The minimum atomic E-state index is -3.31. The molecule has 0 aliphatic carbocycles. The lowest BCUT2D eigenvalue weighted by molar-refractivity contribution is -0.136. The van der Waals surface area contributed by atoms with Crippen molar-refractivity contribution in [2.45, 2.75) is 55.6 Å². The van der Waals surface area contributed by atoms with Gasteiger partial charge in [0.05, 0.1) is 11.4 Å². The van der Waals surface area contributed by atoms with E-state index in [2.05, 4.69) is 40.5 Å². The van der Waals surface area contributed by atoms with Gasteiger partial charge in [0.15, 0.2) is 9.84 Å². The van der Waals surface area contributed by atoms with E-state index in [1.54, 1.807) is 17.0 Å². The van der Waals surface area contributed by atoms with Gasteiger partial charge in [-0.25, -0.2) is 13.2 Å². The van der Waals surface area contributed by atoms with Gasteiger partial charge >= 0.3 is 6.03 Å². The third kappa shape index (κ3) is 4.99. The molecular formula is C29H38N4O4S. The Kier molecular flexibility index (Phi) is 7.37. The molecule has 2 atom stereocenters. The van der Waals surface area contributed by atoms with Gasteiger partial charge in [-0.3, -0.25) is 9.69 Å². The monoisotopic (exact) mass is 538 g/mol. The summed E-state index contributed by atoms with van der Waals surface area (Å²) in [7, 11) is -3.31. The zero-order valence-corrected chi connectivity index (χ0v) is 23.3. The van der Waals surface area contributed by atoms with Crippen molar-refractivity contribution in [1.29, 1.82) is 0 Å². The number of nitrogens with zero attached hydrogens (tertiary/aromatic N) is 3. The maximum atomic E-state index is 13.9. The Morgan fingerprint density at radius 3 is 2.24 bits per heavy atom. The number of carbonyl (C=O) groups excluding carboxylic acids is 2. The first-order valence-corrected chi connectivity index (χ1v) is 15.4. The van der Waals surface area contributed by atoms with E-state index >= 15 is 0 Å². The van der Waals surface area contributed by atoms with Crippen LogP contribution in [0.3, 0.4) is 0 Å². The molecule has 2 aromatic carbocycles. The highest BCUT2D eigenvalue weighted by Gasteiger charge is 2.58. The molecule has 1 spiro atoms. The lowest BCUT2D eigenvalue weighted by Gasteiger charge is -2.44. The fourth-order valence-corrected chi connectivity index (χ4v) is 7.17. The Bertz CT molecular complexity index is 1270. The molecule has 0 bridgehead atoms. The summed E-state index contributed by atoms with van der Waals surface area (Å²) in [6, 6.07) is 16.8. The van der Waals surface area contributed by atoms with Crippen LogP contribution in [0.1, 0.15) is 43.7 Å². The Balaban J connectivity index is 1.28. The maximum absolute atomic E-state index is 13.9. The number of carbonyl (C=O) groups is 2. The second-order valence-electron chi connectivity index (χ2n) is 11.3. The zero-order valence-electron chi connectivity index (χ0n) is 22.5. The van der Waals surface area contributed by atoms with E-state index < -0.39 is 15.4 Å². The first kappa shape index (κ1) is 26.8. The average molecular weight is 539 g/mol. The van der Waals surface area contributed by atoms with Crippen molar-refractivity contribution in [1.82, 2.24) is 20.0 Å². The van der Waals surface area contributed by atoms with Gasteiger partial charge in [0.1, 0.15) is 5.54 Å². The van der Waals surface area contributed by atoms with Gasteiger partial charge in [0, 0.05) is 44.4 Å². The molecule has 0 saturated carbocycles. The van der Waals surface area contributed by atoms with Crippen molar-refractivity contribution < 1.29 is 18.0 Å². The molecule has 3 heterocycles. The van der Waals surface area contributed by atoms with E-state index in [4.69, 9.17) is 0 Å². The molecule has 0 radical (unpaired) electrons. The molecule has 3 aliphatic rings. The highest BCUT2D eigenvalue weighted by atomic mass is 32.2. The van der Waals surface area contributed by atoms with Crippen LogP contribution in [-0.4, -0.2) is 85.6 Å². The molecule has 9 heteroatoms. The Morgan fingerprint density at radius 2 is 1.63 bits per heavy atom. The smallest absolute Gasteiger partial charge is 0.316 e. The minimum absolute atomic E-state index is 0.0999. The van der Waals surface area contributed by atoms with Gasteiger partial charge in [0.25, 0.3) is 5.91 Å². The van der Waals surface area contributed by atoms with E-state index in [9.17, 15) is 18.0 Å². The predicted molar refractivity (Wildman–Crippen MR) is 146 cm³/mol. The molecule has 2 aromatic rings. The number of hydrogen-bond acceptors (Lipinski definition) is 6. The number of benzene rings is 2. The average Bonchev–Trinajstić information content (AvgIpc) is 3.43. The Hall–Kier alpha value is -2.75. The van der Waals surface area contributed by atoms with Gasteiger partial charge in [-0.05, 0) is 62.4 Å². The van der Waals surface area contributed by atoms with Gasteiger partial charge < -0.3 is 15.1 Å². The number of amides is 3. The Labute approximate surface area is 225 Å². The number of rotatable bonds is 7. The summed E-state index contributed by atoms with van der Waals surface area (Å²) in [4.78, 5) is 33.2. The van der Waals surface area contributed by atoms with E-state index in [1.807, 2.05) is 13.8 Å². The number of likely N-dealkylation sites (tertiary alicyclic amines) is 1. The van der Waals surface area contributed by atoms with Crippen LogP contribution in [0.25, 0.3) is 0 Å². The van der Waals surface area contributed by atoms with Crippen LogP contribution in [0, 0.1) is 5.92 Å². The van der Waals surface area contributed by atoms with E-state index in [0.717, 1.165) is 44.5 Å². The predicted octanol–water partition coefficient (Wildman–Crippen LogP) is 3.10. The third-order valence-electron chi connectivity index (χ3n) is 8.49. The molecule has 38 heavy (non-hydrogen) atoms. The first-order chi connectivity index (χ1) is 18.1. The SMILES string of the molecule is CC(C)N1C(=O)N(Cc2ccc(S(C)(=O)=O)cc2)C(=O)C12CCN(CC1CNCC1c1ccccc1)CC2. The summed E-state index contributed by atoms with van der Waals surface area (Å²) in [6.07, 6.45) is 2.40. The summed E-state index contributed by atoms with van der Waals surface area (Å²) < 4.78 is 23.6. The Morgan fingerprint density at radius 1 is 0.974 bits per heavy atom. The minimum Gasteiger partial charge on any atom is -0.316 e. The maximum Gasteiger partial charge on any atom is 0.328 e. The summed E-state index contributed by atoms with van der Waals surface area (Å²) in [6.45, 7) is 8.58. The fourth-order valence-electron chi connectivity index (χ4n) is 6.54. The number of piperidine rings is 1. The van der Waals surface area contributed by atoms with Crippen molar-refractivity contribution in [2.75, 3.05) is 39.0 Å². The molecular weight excluding hydrogens is 500 g/mol. The molecule has 3 saturated heterocycles. The van der Waals surface area contributed by atoms with Crippen molar-refractivity contribution in [3.63, 3.8) is 0 Å². The quantitative estimate of drug-likeness (QED) is 0.545. The molecule has 204 valence electrons. The normalized spacial score (nSPS) is 24.2. The highest BCUT2D eigenvalue weighted by molar-refractivity contribution is 7.90. The summed E-state index contributed by atoms with van der Waals surface area (Å²) in [5.41, 5.74) is 1.29. The van der Waals surface area contributed by atoms with Crippen LogP contribution in [0.4, 0.5) is 4.79 Å². The summed E-state index contributed by atoms with van der Waals surface area (Å²) in [5.74, 6) is 0.867. The number of urea groups is 1. The molecule has 2 unspecified atom stereocenters. The van der Waals surface area contributed by atoms with Crippen LogP contribution in [0.15, 0.2) is 59.5 Å². The van der Waals surface area contributed by atoms with Crippen LogP contribution < -0.4 is 5.32 Å². The van der Waals surface area contributed by atoms with Gasteiger partial charge in [-0.1, -0.05) is 42.5 Å². The third-order valence-corrected chi connectivity index (χ3v) is 9.62. The molecule has 3 aliphatic heterocycles. The van der Waals surface area contributed by atoms with Crippen molar-refractivity contribution in [3.8, 4) is 0 Å².